The van der Waals surface area contributed by atoms with E-state index >= 15 is 0 Å². The van der Waals surface area contributed by atoms with Crippen LogP contribution in [0.4, 0.5) is 0 Å². The highest BCUT2D eigenvalue weighted by Gasteiger charge is 2.22. The fraction of sp³-hybridized carbons (Fsp3) is 0.579. The SMILES string of the molecule is CN(C)C(C)(C)CNC(=O)c1ccc(CNC(=O)C(C)(C)C)cc1. The van der Waals surface area contributed by atoms with Gasteiger partial charge in [0.2, 0.25) is 5.91 Å². The summed E-state index contributed by atoms with van der Waals surface area (Å²) in [5.41, 5.74) is 1.08. The van der Waals surface area contributed by atoms with E-state index in [1.807, 2.05) is 47.0 Å². The summed E-state index contributed by atoms with van der Waals surface area (Å²) in [4.78, 5) is 26.2. The third kappa shape index (κ3) is 5.96. The van der Waals surface area contributed by atoms with Crippen LogP contribution in [0, 0.1) is 5.41 Å². The average molecular weight is 333 g/mol. The Hall–Kier alpha value is -1.88. The van der Waals surface area contributed by atoms with E-state index in [9.17, 15) is 9.59 Å². The molecule has 1 aromatic carbocycles. The highest BCUT2D eigenvalue weighted by Crippen LogP contribution is 2.13. The van der Waals surface area contributed by atoms with Crippen LogP contribution in [0.25, 0.3) is 0 Å². The first-order chi connectivity index (χ1) is 10.9. The van der Waals surface area contributed by atoms with Gasteiger partial charge in [-0.3, -0.25) is 9.59 Å². The predicted octanol–water partition coefficient (Wildman–Crippen LogP) is 2.42. The first kappa shape index (κ1) is 20.2. The van der Waals surface area contributed by atoms with Crippen LogP contribution >= 0.6 is 0 Å². The highest BCUT2D eigenvalue weighted by molar-refractivity contribution is 5.94. The molecule has 5 heteroatoms. The highest BCUT2D eigenvalue weighted by atomic mass is 16.2. The molecular weight excluding hydrogens is 302 g/mol. The van der Waals surface area contributed by atoms with Gasteiger partial charge in [0.05, 0.1) is 0 Å². The van der Waals surface area contributed by atoms with Crippen molar-refractivity contribution in [3.8, 4) is 0 Å². The van der Waals surface area contributed by atoms with Gasteiger partial charge in [0.15, 0.2) is 0 Å². The topological polar surface area (TPSA) is 61.4 Å². The number of nitrogens with one attached hydrogen (secondary N) is 2. The lowest BCUT2D eigenvalue weighted by atomic mass is 9.95. The molecule has 0 atom stereocenters. The fourth-order valence-corrected chi connectivity index (χ4v) is 1.78. The van der Waals surface area contributed by atoms with Crippen molar-refractivity contribution in [2.45, 2.75) is 46.7 Å². The van der Waals surface area contributed by atoms with Gasteiger partial charge in [-0.1, -0.05) is 32.9 Å². The van der Waals surface area contributed by atoms with Crippen LogP contribution in [0.15, 0.2) is 24.3 Å². The molecule has 2 N–H and O–H groups in total. The van der Waals surface area contributed by atoms with Gasteiger partial charge in [0, 0.05) is 29.6 Å². The van der Waals surface area contributed by atoms with Crippen LogP contribution in [-0.4, -0.2) is 42.9 Å². The Balaban J connectivity index is 2.58. The zero-order valence-electron chi connectivity index (χ0n) is 16.0. The van der Waals surface area contributed by atoms with Gasteiger partial charge in [-0.2, -0.15) is 0 Å². The predicted molar refractivity (Wildman–Crippen MR) is 97.8 cm³/mol. The molecule has 1 rings (SSSR count). The van der Waals surface area contributed by atoms with E-state index < -0.39 is 5.41 Å². The Kier molecular flexibility index (Phi) is 6.55. The number of rotatable bonds is 6. The van der Waals surface area contributed by atoms with Gasteiger partial charge in [-0.15, -0.1) is 0 Å². The molecule has 0 aliphatic carbocycles. The monoisotopic (exact) mass is 333 g/mol. The van der Waals surface area contributed by atoms with Crippen LogP contribution in [0.3, 0.4) is 0 Å². The number of hydrogen-bond donors (Lipinski definition) is 2. The standard InChI is InChI=1S/C19H31N3O2/c1-18(2,3)17(24)20-12-14-8-10-15(11-9-14)16(23)21-13-19(4,5)22(6)7/h8-11H,12-13H2,1-7H3,(H,20,24)(H,21,23). The van der Waals surface area contributed by atoms with Crippen LogP contribution in [0.5, 0.6) is 0 Å². The number of carbonyl (C=O) groups excluding carboxylic acids is 2. The average Bonchev–Trinajstić information content (AvgIpc) is 2.49. The van der Waals surface area contributed by atoms with E-state index in [1.54, 1.807) is 12.1 Å². The molecule has 0 unspecified atom stereocenters. The van der Waals surface area contributed by atoms with Crippen LogP contribution < -0.4 is 10.6 Å². The molecule has 0 heterocycles. The third-order valence-electron chi connectivity index (χ3n) is 4.24. The number of benzene rings is 1. The second-order valence-electron chi connectivity index (χ2n) is 8.02. The number of likely N-dealkylation sites (N-methyl/N-ethyl adjacent to an activating group) is 1. The molecule has 0 saturated carbocycles. The van der Waals surface area contributed by atoms with Crippen molar-refractivity contribution in [3.05, 3.63) is 35.4 Å². The van der Waals surface area contributed by atoms with Crippen molar-refractivity contribution in [1.29, 1.82) is 0 Å². The zero-order chi connectivity index (χ0) is 18.5. The molecule has 0 spiro atoms. The van der Waals surface area contributed by atoms with Crippen molar-refractivity contribution >= 4 is 11.8 Å². The third-order valence-corrected chi connectivity index (χ3v) is 4.24. The minimum absolute atomic E-state index is 0.00948. The summed E-state index contributed by atoms with van der Waals surface area (Å²) in [6, 6.07) is 7.32. The largest absolute Gasteiger partial charge is 0.352 e. The van der Waals surface area contributed by atoms with Gasteiger partial charge in [0.25, 0.3) is 5.91 Å². The smallest absolute Gasteiger partial charge is 0.251 e. The van der Waals surface area contributed by atoms with Gasteiger partial charge in [-0.25, -0.2) is 0 Å². The molecule has 134 valence electrons. The molecule has 0 aliphatic heterocycles. The molecule has 0 aromatic heterocycles. The first-order valence-corrected chi connectivity index (χ1v) is 8.26. The molecule has 0 fully saturated rings. The molecular formula is C19H31N3O2. The summed E-state index contributed by atoms with van der Waals surface area (Å²) in [6.07, 6.45) is 0. The zero-order valence-corrected chi connectivity index (χ0v) is 16.0. The summed E-state index contributed by atoms with van der Waals surface area (Å²) < 4.78 is 0. The Morgan fingerprint density at radius 3 is 1.96 bits per heavy atom. The minimum atomic E-state index is -0.404. The Morgan fingerprint density at radius 1 is 0.958 bits per heavy atom. The first-order valence-electron chi connectivity index (χ1n) is 8.26. The molecule has 0 bridgehead atoms. The second kappa shape index (κ2) is 7.79. The lowest BCUT2D eigenvalue weighted by Gasteiger charge is -2.32. The Bertz CT molecular complexity index is 569. The van der Waals surface area contributed by atoms with Crippen LogP contribution in [-0.2, 0) is 11.3 Å². The van der Waals surface area contributed by atoms with E-state index in [2.05, 4.69) is 29.4 Å². The lowest BCUT2D eigenvalue weighted by molar-refractivity contribution is -0.128. The molecule has 0 aliphatic rings. The van der Waals surface area contributed by atoms with Gasteiger partial charge < -0.3 is 15.5 Å². The maximum Gasteiger partial charge on any atom is 0.251 e. The number of hydrogen-bond acceptors (Lipinski definition) is 3. The lowest BCUT2D eigenvalue weighted by Crippen LogP contribution is -2.48. The van der Waals surface area contributed by atoms with Crippen molar-refractivity contribution in [2.75, 3.05) is 20.6 Å². The van der Waals surface area contributed by atoms with Crippen molar-refractivity contribution < 1.29 is 9.59 Å². The Labute approximate surface area is 145 Å². The van der Waals surface area contributed by atoms with Crippen LogP contribution in [0.2, 0.25) is 0 Å². The van der Waals surface area contributed by atoms with Gasteiger partial charge in [-0.05, 0) is 45.6 Å². The molecule has 5 nitrogen and oxygen atoms in total. The number of nitrogens with zero attached hydrogens (tertiary/aromatic N) is 1. The van der Waals surface area contributed by atoms with E-state index in [1.165, 1.54) is 0 Å². The number of amides is 2. The molecule has 24 heavy (non-hydrogen) atoms. The summed E-state index contributed by atoms with van der Waals surface area (Å²) in [5.74, 6) is -0.0783. The molecule has 2 amide bonds. The van der Waals surface area contributed by atoms with E-state index in [4.69, 9.17) is 0 Å². The maximum absolute atomic E-state index is 12.2. The molecule has 1 aromatic rings. The Morgan fingerprint density at radius 2 is 1.50 bits per heavy atom. The van der Waals surface area contributed by atoms with E-state index in [-0.39, 0.29) is 17.4 Å². The quantitative estimate of drug-likeness (QED) is 0.840. The maximum atomic E-state index is 12.2. The summed E-state index contributed by atoms with van der Waals surface area (Å²) in [7, 11) is 3.99. The molecule has 0 saturated heterocycles. The normalized spacial score (nSPS) is 12.2. The second-order valence-corrected chi connectivity index (χ2v) is 8.02. The fourth-order valence-electron chi connectivity index (χ4n) is 1.78. The summed E-state index contributed by atoms with van der Waals surface area (Å²) >= 11 is 0. The van der Waals surface area contributed by atoms with Crippen molar-refractivity contribution in [2.24, 2.45) is 5.41 Å². The molecule has 0 radical (unpaired) electrons. The summed E-state index contributed by atoms with van der Waals surface area (Å²) in [6.45, 7) is 10.8. The van der Waals surface area contributed by atoms with Crippen LogP contribution in [0.1, 0.15) is 50.5 Å². The van der Waals surface area contributed by atoms with E-state index in [0.717, 1.165) is 5.56 Å². The number of carbonyl (C=O) groups is 2. The van der Waals surface area contributed by atoms with Gasteiger partial charge >= 0.3 is 0 Å². The van der Waals surface area contributed by atoms with E-state index in [0.29, 0.717) is 18.7 Å². The minimum Gasteiger partial charge on any atom is -0.352 e. The summed E-state index contributed by atoms with van der Waals surface area (Å²) in [5, 5.41) is 5.86. The van der Waals surface area contributed by atoms with Crippen molar-refractivity contribution in [1.82, 2.24) is 15.5 Å². The van der Waals surface area contributed by atoms with Crippen molar-refractivity contribution in [3.63, 3.8) is 0 Å². The van der Waals surface area contributed by atoms with Gasteiger partial charge in [0.1, 0.15) is 0 Å².